The monoisotopic (exact) mass is 309 g/mol. The molecule has 6 nitrogen and oxygen atoms in total. The SMILES string of the molecule is COC(=O)C(NC(=O)OC(C)(C)C)C(OC)c1ccccc1. The average molecular weight is 309 g/mol. The van der Waals surface area contributed by atoms with Gasteiger partial charge in [-0.2, -0.15) is 0 Å². The summed E-state index contributed by atoms with van der Waals surface area (Å²) in [4.78, 5) is 24.0. The van der Waals surface area contributed by atoms with Gasteiger partial charge in [-0.25, -0.2) is 9.59 Å². The van der Waals surface area contributed by atoms with Gasteiger partial charge in [-0.3, -0.25) is 0 Å². The van der Waals surface area contributed by atoms with Crippen LogP contribution in [0.3, 0.4) is 0 Å². The molecular formula is C16H23NO5. The average Bonchev–Trinajstić information content (AvgIpc) is 2.45. The van der Waals surface area contributed by atoms with Gasteiger partial charge in [-0.1, -0.05) is 30.3 Å². The van der Waals surface area contributed by atoms with Gasteiger partial charge in [0.05, 0.1) is 7.11 Å². The summed E-state index contributed by atoms with van der Waals surface area (Å²) in [5.74, 6) is -0.610. The van der Waals surface area contributed by atoms with Gasteiger partial charge >= 0.3 is 12.1 Å². The molecule has 0 radical (unpaired) electrons. The van der Waals surface area contributed by atoms with Crippen molar-refractivity contribution >= 4 is 12.1 Å². The largest absolute Gasteiger partial charge is 0.467 e. The first kappa shape index (κ1) is 18.0. The summed E-state index contributed by atoms with van der Waals surface area (Å²) < 4.78 is 15.3. The van der Waals surface area contributed by atoms with E-state index in [0.29, 0.717) is 0 Å². The number of ether oxygens (including phenoxy) is 3. The number of nitrogens with one attached hydrogen (secondary N) is 1. The van der Waals surface area contributed by atoms with Crippen molar-refractivity contribution in [3.05, 3.63) is 35.9 Å². The second-order valence-electron chi connectivity index (χ2n) is 5.71. The van der Waals surface area contributed by atoms with Gasteiger partial charge in [0, 0.05) is 7.11 Å². The number of hydrogen-bond donors (Lipinski definition) is 1. The van der Waals surface area contributed by atoms with Gasteiger partial charge in [-0.05, 0) is 26.3 Å². The molecule has 0 saturated heterocycles. The molecular weight excluding hydrogens is 286 g/mol. The van der Waals surface area contributed by atoms with Crippen molar-refractivity contribution in [1.82, 2.24) is 5.32 Å². The van der Waals surface area contributed by atoms with E-state index in [4.69, 9.17) is 14.2 Å². The summed E-state index contributed by atoms with van der Waals surface area (Å²) in [6.07, 6.45) is -1.39. The molecule has 1 amide bonds. The fourth-order valence-corrected chi connectivity index (χ4v) is 1.93. The predicted molar refractivity (Wildman–Crippen MR) is 81.4 cm³/mol. The van der Waals surface area contributed by atoms with Crippen LogP contribution >= 0.6 is 0 Å². The Morgan fingerprint density at radius 1 is 1.09 bits per heavy atom. The minimum atomic E-state index is -1.01. The molecule has 0 heterocycles. The number of carbonyl (C=O) groups excluding carboxylic acids is 2. The molecule has 1 N–H and O–H groups in total. The molecule has 0 aromatic heterocycles. The number of esters is 1. The van der Waals surface area contributed by atoms with Gasteiger partial charge < -0.3 is 19.5 Å². The molecule has 0 aliphatic heterocycles. The van der Waals surface area contributed by atoms with Crippen LogP contribution in [-0.2, 0) is 19.0 Å². The molecule has 0 fully saturated rings. The van der Waals surface area contributed by atoms with Crippen LogP contribution in [0.15, 0.2) is 30.3 Å². The number of amides is 1. The third-order valence-corrected chi connectivity index (χ3v) is 2.81. The summed E-state index contributed by atoms with van der Waals surface area (Å²) in [6.45, 7) is 5.22. The standard InChI is InChI=1S/C16H23NO5/c1-16(2,3)22-15(19)17-12(14(18)21-5)13(20-4)11-9-7-6-8-10-11/h6-10,12-13H,1-5H3,(H,17,19). The minimum Gasteiger partial charge on any atom is -0.467 e. The Morgan fingerprint density at radius 3 is 2.14 bits per heavy atom. The lowest BCUT2D eigenvalue weighted by atomic mass is 10.0. The summed E-state index contributed by atoms with van der Waals surface area (Å²) in [5, 5.41) is 2.51. The fraction of sp³-hybridized carbons (Fsp3) is 0.500. The van der Waals surface area contributed by atoms with Crippen LogP contribution in [0.2, 0.25) is 0 Å². The Morgan fingerprint density at radius 2 is 1.68 bits per heavy atom. The molecule has 1 aromatic carbocycles. The van der Waals surface area contributed by atoms with Gasteiger partial charge in [0.15, 0.2) is 6.04 Å². The number of methoxy groups -OCH3 is 2. The Labute approximate surface area is 130 Å². The van der Waals surface area contributed by atoms with Gasteiger partial charge in [0.25, 0.3) is 0 Å². The summed E-state index contributed by atoms with van der Waals surface area (Å²) in [5.41, 5.74) is 0.0801. The molecule has 2 unspecified atom stereocenters. The highest BCUT2D eigenvalue weighted by Gasteiger charge is 2.33. The molecule has 122 valence electrons. The Hall–Kier alpha value is -2.08. The van der Waals surface area contributed by atoms with E-state index in [1.165, 1.54) is 14.2 Å². The fourth-order valence-electron chi connectivity index (χ4n) is 1.93. The van der Waals surface area contributed by atoms with E-state index in [2.05, 4.69) is 5.32 Å². The van der Waals surface area contributed by atoms with Crippen molar-refractivity contribution in [3.63, 3.8) is 0 Å². The van der Waals surface area contributed by atoms with E-state index in [1.807, 2.05) is 18.2 Å². The van der Waals surface area contributed by atoms with Crippen LogP contribution in [0.25, 0.3) is 0 Å². The molecule has 6 heteroatoms. The molecule has 0 bridgehead atoms. The number of benzene rings is 1. The van der Waals surface area contributed by atoms with Crippen molar-refractivity contribution in [2.75, 3.05) is 14.2 Å². The third kappa shape index (κ3) is 5.37. The van der Waals surface area contributed by atoms with Crippen molar-refractivity contribution < 1.29 is 23.8 Å². The van der Waals surface area contributed by atoms with Crippen molar-refractivity contribution in [2.45, 2.75) is 38.5 Å². The lowest BCUT2D eigenvalue weighted by Gasteiger charge is -2.27. The summed E-state index contributed by atoms with van der Waals surface area (Å²) in [7, 11) is 2.72. The van der Waals surface area contributed by atoms with Crippen LogP contribution in [0.5, 0.6) is 0 Å². The minimum absolute atomic E-state index is 0.610. The summed E-state index contributed by atoms with van der Waals surface area (Å²) in [6, 6.07) is 8.10. The smallest absolute Gasteiger partial charge is 0.408 e. The molecule has 0 aliphatic rings. The Balaban J connectivity index is 2.96. The molecule has 2 atom stereocenters. The highest BCUT2D eigenvalue weighted by Crippen LogP contribution is 2.22. The first-order valence-electron chi connectivity index (χ1n) is 6.93. The van der Waals surface area contributed by atoms with E-state index < -0.39 is 29.8 Å². The molecule has 1 aromatic rings. The third-order valence-electron chi connectivity index (χ3n) is 2.81. The maximum atomic E-state index is 12.0. The number of carbonyl (C=O) groups is 2. The molecule has 1 rings (SSSR count). The van der Waals surface area contributed by atoms with E-state index in [1.54, 1.807) is 32.9 Å². The van der Waals surface area contributed by atoms with Crippen LogP contribution in [0.1, 0.15) is 32.4 Å². The van der Waals surface area contributed by atoms with E-state index >= 15 is 0 Å². The second-order valence-corrected chi connectivity index (χ2v) is 5.71. The van der Waals surface area contributed by atoms with Crippen molar-refractivity contribution in [2.24, 2.45) is 0 Å². The van der Waals surface area contributed by atoms with Crippen molar-refractivity contribution in [3.8, 4) is 0 Å². The Bertz CT molecular complexity index is 495. The molecule has 22 heavy (non-hydrogen) atoms. The van der Waals surface area contributed by atoms with Gasteiger partial charge in [0.1, 0.15) is 11.7 Å². The number of alkyl carbamates (subject to hydrolysis) is 1. The van der Waals surface area contributed by atoms with Gasteiger partial charge in [-0.15, -0.1) is 0 Å². The first-order valence-corrected chi connectivity index (χ1v) is 6.93. The zero-order chi connectivity index (χ0) is 16.8. The summed E-state index contributed by atoms with van der Waals surface area (Å²) >= 11 is 0. The van der Waals surface area contributed by atoms with E-state index in [9.17, 15) is 9.59 Å². The van der Waals surface area contributed by atoms with Crippen LogP contribution in [0, 0.1) is 0 Å². The Kier molecular flexibility index (Phi) is 6.37. The molecule has 0 saturated carbocycles. The van der Waals surface area contributed by atoms with Crippen LogP contribution in [0.4, 0.5) is 4.79 Å². The number of hydrogen-bond acceptors (Lipinski definition) is 5. The second kappa shape index (κ2) is 7.79. The zero-order valence-corrected chi connectivity index (χ0v) is 13.6. The van der Waals surface area contributed by atoms with Crippen molar-refractivity contribution in [1.29, 1.82) is 0 Å². The van der Waals surface area contributed by atoms with Crippen LogP contribution in [-0.4, -0.2) is 37.9 Å². The lowest BCUT2D eigenvalue weighted by molar-refractivity contribution is -0.147. The molecule has 0 spiro atoms. The van der Waals surface area contributed by atoms with Crippen LogP contribution < -0.4 is 5.32 Å². The highest BCUT2D eigenvalue weighted by atomic mass is 16.6. The first-order chi connectivity index (χ1) is 10.3. The normalized spacial score (nSPS) is 13.9. The number of rotatable bonds is 5. The quantitative estimate of drug-likeness (QED) is 0.846. The lowest BCUT2D eigenvalue weighted by Crippen LogP contribution is -2.47. The van der Waals surface area contributed by atoms with Gasteiger partial charge in [0.2, 0.25) is 0 Å². The highest BCUT2D eigenvalue weighted by molar-refractivity contribution is 5.82. The zero-order valence-electron chi connectivity index (χ0n) is 13.6. The molecule has 0 aliphatic carbocycles. The maximum absolute atomic E-state index is 12.0. The predicted octanol–water partition coefficient (Wildman–Crippen LogP) is 2.44. The topological polar surface area (TPSA) is 73.9 Å². The van der Waals surface area contributed by atoms with E-state index in [-0.39, 0.29) is 0 Å². The maximum Gasteiger partial charge on any atom is 0.408 e. The van der Waals surface area contributed by atoms with E-state index in [0.717, 1.165) is 5.56 Å².